The summed E-state index contributed by atoms with van der Waals surface area (Å²) in [5.41, 5.74) is -0.528. The first-order valence-corrected chi connectivity index (χ1v) is 10.3. The molecule has 3 aromatic rings. The maximum absolute atomic E-state index is 12.9. The smallest absolute Gasteiger partial charge is 0.304 e. The lowest BCUT2D eigenvalue weighted by molar-refractivity contribution is 0.563. The maximum atomic E-state index is 12.9. The van der Waals surface area contributed by atoms with E-state index in [1.165, 1.54) is 11.6 Å². The number of nitrogens with one attached hydrogen (secondary N) is 1. The Bertz CT molecular complexity index is 1220. The molecule has 0 unspecified atom stereocenters. The Morgan fingerprint density at radius 3 is 2.41 bits per heavy atom. The molecule has 2 aromatic heterocycles. The second-order valence-electron chi connectivity index (χ2n) is 6.77. The number of halogens is 1. The summed E-state index contributed by atoms with van der Waals surface area (Å²) in [6.45, 7) is 3.67. The van der Waals surface area contributed by atoms with Gasteiger partial charge in [-0.1, -0.05) is 37.6 Å². The Hall–Kier alpha value is -2.39. The normalized spacial score (nSPS) is 12.2. The monoisotopic (exact) mass is 410 g/mol. The highest BCUT2D eigenvalue weighted by molar-refractivity contribution is 7.91. The van der Waals surface area contributed by atoms with Crippen LogP contribution in [0.15, 0.2) is 39.0 Å². The van der Waals surface area contributed by atoms with Gasteiger partial charge in [0.15, 0.2) is 11.2 Å². The first-order chi connectivity index (χ1) is 12.6. The van der Waals surface area contributed by atoms with Crippen molar-refractivity contribution in [1.82, 2.24) is 19.1 Å². The van der Waals surface area contributed by atoms with Crippen LogP contribution in [0.5, 0.6) is 0 Å². The molecule has 0 spiro atoms. The van der Waals surface area contributed by atoms with Crippen LogP contribution in [0.1, 0.15) is 19.4 Å². The second kappa shape index (κ2) is 6.97. The van der Waals surface area contributed by atoms with E-state index >= 15 is 0 Å². The third-order valence-electron chi connectivity index (χ3n) is 4.06. The predicted molar refractivity (Wildman–Crippen MR) is 103 cm³/mol. The molecule has 3 rings (SSSR count). The largest absolute Gasteiger partial charge is 0.329 e. The topological polar surface area (TPSA) is 107 Å². The van der Waals surface area contributed by atoms with Crippen LogP contribution in [0, 0.1) is 5.92 Å². The van der Waals surface area contributed by atoms with Gasteiger partial charge >= 0.3 is 5.69 Å². The van der Waals surface area contributed by atoms with Crippen molar-refractivity contribution in [3.8, 4) is 0 Å². The van der Waals surface area contributed by atoms with Crippen molar-refractivity contribution in [1.29, 1.82) is 0 Å². The summed E-state index contributed by atoms with van der Waals surface area (Å²) in [5.74, 6) is -0.246. The molecule has 8 nitrogen and oxygen atoms in total. The van der Waals surface area contributed by atoms with Crippen molar-refractivity contribution in [2.24, 2.45) is 13.0 Å². The van der Waals surface area contributed by atoms with Crippen molar-refractivity contribution in [2.45, 2.75) is 25.5 Å². The molecular formula is C17H19ClN4O4S. The highest BCUT2D eigenvalue weighted by Gasteiger charge is 2.27. The second-order valence-corrected chi connectivity index (χ2v) is 9.14. The van der Waals surface area contributed by atoms with Crippen LogP contribution >= 0.6 is 11.6 Å². The number of aryl methyl sites for hydroxylation is 1. The summed E-state index contributed by atoms with van der Waals surface area (Å²) in [6.07, 6.45) is 0. The first kappa shape index (κ1) is 19.4. The molecule has 10 heteroatoms. The molecule has 2 heterocycles. The van der Waals surface area contributed by atoms with Crippen LogP contribution in [0.2, 0.25) is 5.02 Å². The average molecular weight is 411 g/mol. The van der Waals surface area contributed by atoms with E-state index in [1.54, 1.807) is 38.1 Å². The van der Waals surface area contributed by atoms with E-state index in [1.807, 2.05) is 0 Å². The van der Waals surface area contributed by atoms with Gasteiger partial charge in [0, 0.05) is 12.1 Å². The van der Waals surface area contributed by atoms with Crippen LogP contribution in [0.3, 0.4) is 0 Å². The molecule has 1 aromatic carbocycles. The summed E-state index contributed by atoms with van der Waals surface area (Å²) >= 11 is 5.91. The van der Waals surface area contributed by atoms with E-state index in [0.717, 1.165) is 10.1 Å². The molecule has 0 radical (unpaired) electrons. The molecule has 0 atom stereocenters. The number of sulfone groups is 1. The first-order valence-electron chi connectivity index (χ1n) is 8.27. The van der Waals surface area contributed by atoms with Crippen LogP contribution in [0.25, 0.3) is 11.2 Å². The lowest BCUT2D eigenvalue weighted by atomic mass is 10.2. The molecule has 0 aliphatic rings. The minimum Gasteiger partial charge on any atom is -0.304 e. The number of nitrogens with zero attached hydrogens (tertiary/aromatic N) is 3. The zero-order valence-electron chi connectivity index (χ0n) is 15.1. The van der Waals surface area contributed by atoms with Crippen molar-refractivity contribution in [2.75, 3.05) is 5.75 Å². The zero-order valence-corrected chi connectivity index (χ0v) is 16.6. The van der Waals surface area contributed by atoms with Gasteiger partial charge in [0.2, 0.25) is 15.0 Å². The molecule has 144 valence electrons. The molecule has 27 heavy (non-hydrogen) atoms. The number of aromatic nitrogens is 4. The van der Waals surface area contributed by atoms with Crippen molar-refractivity contribution in [3.05, 3.63) is 55.7 Å². The van der Waals surface area contributed by atoms with Crippen LogP contribution in [-0.2, 0) is 23.4 Å². The van der Waals surface area contributed by atoms with Gasteiger partial charge in [-0.15, -0.1) is 0 Å². The summed E-state index contributed by atoms with van der Waals surface area (Å²) in [4.78, 5) is 30.7. The van der Waals surface area contributed by atoms with Gasteiger partial charge < -0.3 is 4.57 Å². The molecule has 0 amide bonds. The standard InChI is InChI=1S/C17H19ClN4O4S/c1-10(2)9-27(25,26)17-19-14-13(15(23)20-16(24)21(14)3)22(17)8-11-4-6-12(18)7-5-11/h4-7,10H,8-9H2,1-3H3,(H,20,23,24). The van der Waals surface area contributed by atoms with Crippen molar-refractivity contribution >= 4 is 32.6 Å². The van der Waals surface area contributed by atoms with E-state index in [4.69, 9.17) is 11.6 Å². The van der Waals surface area contributed by atoms with Crippen molar-refractivity contribution < 1.29 is 8.42 Å². The summed E-state index contributed by atoms with van der Waals surface area (Å²) in [7, 11) is -2.34. The lowest BCUT2D eigenvalue weighted by Gasteiger charge is -2.11. The minimum absolute atomic E-state index is 0.0278. The molecular weight excluding hydrogens is 392 g/mol. The number of hydrogen-bond acceptors (Lipinski definition) is 5. The SMILES string of the molecule is CC(C)CS(=O)(=O)c1nc2c(c(=O)[nH]c(=O)n2C)n1Cc1ccc(Cl)cc1. The summed E-state index contributed by atoms with van der Waals surface area (Å²) in [5, 5.41) is 0.315. The van der Waals surface area contributed by atoms with Gasteiger partial charge in [0.1, 0.15) is 0 Å². The lowest BCUT2D eigenvalue weighted by Crippen LogP contribution is -2.29. The van der Waals surface area contributed by atoms with Gasteiger partial charge in [-0.05, 0) is 23.6 Å². The van der Waals surface area contributed by atoms with Crippen LogP contribution in [0.4, 0.5) is 0 Å². The van der Waals surface area contributed by atoms with Gasteiger partial charge in [-0.25, -0.2) is 13.2 Å². The Kier molecular flexibility index (Phi) is 5.00. The van der Waals surface area contributed by atoms with Crippen LogP contribution < -0.4 is 11.2 Å². The molecule has 0 aliphatic heterocycles. The van der Waals surface area contributed by atoms with Gasteiger partial charge in [-0.2, -0.15) is 4.98 Å². The fourth-order valence-electron chi connectivity index (χ4n) is 2.88. The molecule has 0 saturated heterocycles. The quantitative estimate of drug-likeness (QED) is 0.686. The molecule has 0 aliphatic carbocycles. The number of fused-ring (bicyclic) bond motifs is 1. The fraction of sp³-hybridized carbons (Fsp3) is 0.353. The molecule has 0 saturated carbocycles. The average Bonchev–Trinajstić information content (AvgIpc) is 2.94. The Balaban J connectivity index is 2.32. The highest BCUT2D eigenvalue weighted by atomic mass is 35.5. The number of rotatable bonds is 5. The van der Waals surface area contributed by atoms with Gasteiger partial charge in [0.05, 0.1) is 12.3 Å². The molecule has 0 fully saturated rings. The fourth-order valence-corrected chi connectivity index (χ4v) is 4.75. The molecule has 0 bridgehead atoms. The van der Waals surface area contributed by atoms with E-state index in [-0.39, 0.29) is 34.5 Å². The predicted octanol–water partition coefficient (Wildman–Crippen LogP) is 1.55. The summed E-state index contributed by atoms with van der Waals surface area (Å²) in [6, 6.07) is 6.84. The number of hydrogen-bond donors (Lipinski definition) is 1. The Morgan fingerprint density at radius 2 is 1.81 bits per heavy atom. The Morgan fingerprint density at radius 1 is 1.19 bits per heavy atom. The van der Waals surface area contributed by atoms with Gasteiger partial charge in [-0.3, -0.25) is 14.3 Å². The third kappa shape index (κ3) is 3.70. The number of H-pyrrole nitrogens is 1. The number of benzene rings is 1. The van der Waals surface area contributed by atoms with Gasteiger partial charge in [0.25, 0.3) is 5.56 Å². The number of imidazole rings is 1. The van der Waals surface area contributed by atoms with Crippen LogP contribution in [-0.4, -0.2) is 33.3 Å². The highest BCUT2D eigenvalue weighted by Crippen LogP contribution is 2.21. The minimum atomic E-state index is -3.77. The third-order valence-corrected chi connectivity index (χ3v) is 6.28. The van der Waals surface area contributed by atoms with Crippen molar-refractivity contribution in [3.63, 3.8) is 0 Å². The van der Waals surface area contributed by atoms with E-state index in [2.05, 4.69) is 9.97 Å². The Labute approximate surface area is 160 Å². The maximum Gasteiger partial charge on any atom is 0.329 e. The summed E-state index contributed by atoms with van der Waals surface area (Å²) < 4.78 is 28.2. The van der Waals surface area contributed by atoms with E-state index in [9.17, 15) is 18.0 Å². The van der Waals surface area contributed by atoms with E-state index < -0.39 is 21.1 Å². The zero-order chi connectivity index (χ0) is 19.9. The molecule has 1 N–H and O–H groups in total. The number of aromatic amines is 1. The van der Waals surface area contributed by atoms with E-state index in [0.29, 0.717) is 5.02 Å².